The highest BCUT2D eigenvalue weighted by Gasteiger charge is 2.15. The lowest BCUT2D eigenvalue weighted by Crippen LogP contribution is -2.23. The summed E-state index contributed by atoms with van der Waals surface area (Å²) in [6.45, 7) is 0. The highest BCUT2D eigenvalue weighted by atomic mass is 35.5. The number of pyridine rings is 1. The minimum Gasteiger partial charge on any atom is -0.350 e. The third-order valence-corrected chi connectivity index (χ3v) is 3.98. The molecule has 0 atom stereocenters. The first kappa shape index (κ1) is 15.6. The van der Waals surface area contributed by atoms with E-state index in [1.54, 1.807) is 54.1 Å². The molecule has 0 saturated carbocycles. The van der Waals surface area contributed by atoms with Crippen molar-refractivity contribution in [3.63, 3.8) is 0 Å². The standard InChI is InChI=1S/C17H12Cl2N2O2/c1-21-9-14(16(22)13-8-11(19)4-7-15(13)21)17(23)20-12-5-2-10(18)3-6-12/h2-9H,1H3,(H,20,23). The van der Waals surface area contributed by atoms with Crippen LogP contribution in [0.3, 0.4) is 0 Å². The van der Waals surface area contributed by atoms with E-state index < -0.39 is 5.91 Å². The molecule has 1 amide bonds. The number of halogens is 2. The Labute approximate surface area is 142 Å². The fraction of sp³-hybridized carbons (Fsp3) is 0.0588. The zero-order valence-electron chi connectivity index (χ0n) is 12.1. The van der Waals surface area contributed by atoms with E-state index in [2.05, 4.69) is 5.32 Å². The summed E-state index contributed by atoms with van der Waals surface area (Å²) in [6.07, 6.45) is 1.52. The third-order valence-electron chi connectivity index (χ3n) is 3.50. The Hall–Kier alpha value is -2.30. The van der Waals surface area contributed by atoms with Crippen molar-refractivity contribution >= 4 is 45.7 Å². The Bertz CT molecular complexity index is 963. The van der Waals surface area contributed by atoms with Crippen molar-refractivity contribution in [3.8, 4) is 0 Å². The van der Waals surface area contributed by atoms with E-state index >= 15 is 0 Å². The highest BCUT2D eigenvalue weighted by molar-refractivity contribution is 6.31. The van der Waals surface area contributed by atoms with E-state index in [4.69, 9.17) is 23.2 Å². The van der Waals surface area contributed by atoms with Gasteiger partial charge in [-0.3, -0.25) is 9.59 Å². The maximum atomic E-state index is 12.6. The number of carbonyl (C=O) groups is 1. The van der Waals surface area contributed by atoms with Crippen LogP contribution >= 0.6 is 23.2 Å². The summed E-state index contributed by atoms with van der Waals surface area (Å²) in [5.74, 6) is -0.477. The van der Waals surface area contributed by atoms with Gasteiger partial charge in [0.15, 0.2) is 0 Å². The zero-order chi connectivity index (χ0) is 16.6. The van der Waals surface area contributed by atoms with Gasteiger partial charge in [-0.15, -0.1) is 0 Å². The van der Waals surface area contributed by atoms with Crippen molar-refractivity contribution in [2.45, 2.75) is 0 Å². The van der Waals surface area contributed by atoms with Crippen LogP contribution < -0.4 is 10.7 Å². The maximum Gasteiger partial charge on any atom is 0.261 e. The summed E-state index contributed by atoms with van der Waals surface area (Å²) < 4.78 is 1.73. The monoisotopic (exact) mass is 346 g/mol. The number of rotatable bonds is 2. The molecule has 2 aromatic carbocycles. The Morgan fingerprint density at radius 1 is 1.04 bits per heavy atom. The molecule has 0 unspecified atom stereocenters. The van der Waals surface area contributed by atoms with Crippen molar-refractivity contribution in [1.29, 1.82) is 0 Å². The molecule has 0 radical (unpaired) electrons. The molecule has 0 fully saturated rings. The number of carbonyl (C=O) groups excluding carboxylic acids is 1. The molecule has 0 aliphatic heterocycles. The second-order valence-electron chi connectivity index (χ2n) is 5.11. The second kappa shape index (κ2) is 6.07. The first-order valence-electron chi connectivity index (χ1n) is 6.81. The fourth-order valence-corrected chi connectivity index (χ4v) is 2.66. The number of nitrogens with one attached hydrogen (secondary N) is 1. The number of aryl methyl sites for hydroxylation is 1. The van der Waals surface area contributed by atoms with Crippen molar-refractivity contribution in [3.05, 3.63) is 74.5 Å². The predicted molar refractivity (Wildman–Crippen MR) is 93.6 cm³/mol. The maximum absolute atomic E-state index is 12.6. The van der Waals surface area contributed by atoms with Crippen LogP contribution in [0, 0.1) is 0 Å². The molecule has 0 saturated heterocycles. The smallest absolute Gasteiger partial charge is 0.261 e. The summed E-state index contributed by atoms with van der Waals surface area (Å²) in [4.78, 5) is 25.0. The third kappa shape index (κ3) is 3.09. The Balaban J connectivity index is 2.05. The van der Waals surface area contributed by atoms with Gasteiger partial charge in [-0.2, -0.15) is 0 Å². The number of nitrogens with zero attached hydrogens (tertiary/aromatic N) is 1. The van der Waals surface area contributed by atoms with Crippen LogP contribution in [0.5, 0.6) is 0 Å². The molecule has 0 bridgehead atoms. The summed E-state index contributed by atoms with van der Waals surface area (Å²) >= 11 is 11.8. The van der Waals surface area contributed by atoms with Crippen LogP contribution in [0.1, 0.15) is 10.4 Å². The molecule has 23 heavy (non-hydrogen) atoms. The molecular weight excluding hydrogens is 335 g/mol. The van der Waals surface area contributed by atoms with E-state index in [0.717, 1.165) is 0 Å². The molecule has 1 N–H and O–H groups in total. The van der Waals surface area contributed by atoms with Crippen LogP contribution in [-0.2, 0) is 7.05 Å². The lowest BCUT2D eigenvalue weighted by molar-refractivity contribution is 0.102. The lowest BCUT2D eigenvalue weighted by Gasteiger charge is -2.10. The van der Waals surface area contributed by atoms with Gasteiger partial charge in [0.1, 0.15) is 5.56 Å². The van der Waals surface area contributed by atoms with Gasteiger partial charge in [0.25, 0.3) is 5.91 Å². The largest absolute Gasteiger partial charge is 0.350 e. The van der Waals surface area contributed by atoms with Gasteiger partial charge >= 0.3 is 0 Å². The molecule has 0 aliphatic rings. The van der Waals surface area contributed by atoms with Crippen LogP contribution in [-0.4, -0.2) is 10.5 Å². The fourth-order valence-electron chi connectivity index (χ4n) is 2.36. The van der Waals surface area contributed by atoms with Crippen LogP contribution in [0.2, 0.25) is 10.0 Å². The molecule has 1 heterocycles. The predicted octanol–water partition coefficient (Wildman–Crippen LogP) is 4.10. The summed E-state index contributed by atoms with van der Waals surface area (Å²) in [5.41, 5.74) is 0.972. The normalized spacial score (nSPS) is 10.7. The van der Waals surface area contributed by atoms with Gasteiger partial charge in [-0.25, -0.2) is 0 Å². The first-order valence-corrected chi connectivity index (χ1v) is 7.57. The SMILES string of the molecule is Cn1cc(C(=O)Nc2ccc(Cl)cc2)c(=O)c2cc(Cl)ccc21. The topological polar surface area (TPSA) is 51.1 Å². The molecule has 0 aliphatic carbocycles. The van der Waals surface area contributed by atoms with Crippen LogP contribution in [0.15, 0.2) is 53.5 Å². The Morgan fingerprint density at radius 2 is 1.70 bits per heavy atom. The van der Waals surface area contributed by atoms with Crippen molar-refractivity contribution < 1.29 is 4.79 Å². The zero-order valence-corrected chi connectivity index (χ0v) is 13.7. The van der Waals surface area contributed by atoms with Crippen molar-refractivity contribution in [2.24, 2.45) is 7.05 Å². The number of aromatic nitrogens is 1. The van der Waals surface area contributed by atoms with E-state index in [-0.39, 0.29) is 11.0 Å². The molecule has 3 aromatic rings. The minimum absolute atomic E-state index is 0.0530. The van der Waals surface area contributed by atoms with Crippen LogP contribution in [0.25, 0.3) is 10.9 Å². The number of hydrogen-bond donors (Lipinski definition) is 1. The number of benzene rings is 2. The molecule has 6 heteroatoms. The van der Waals surface area contributed by atoms with Gasteiger partial charge in [0.2, 0.25) is 5.43 Å². The number of amides is 1. The van der Waals surface area contributed by atoms with Crippen molar-refractivity contribution in [2.75, 3.05) is 5.32 Å². The van der Waals surface area contributed by atoms with Gasteiger partial charge in [0.05, 0.1) is 5.52 Å². The number of anilines is 1. The summed E-state index contributed by atoms with van der Waals surface area (Å²) in [5, 5.41) is 4.11. The highest BCUT2D eigenvalue weighted by Crippen LogP contribution is 2.18. The number of fused-ring (bicyclic) bond motifs is 1. The number of hydrogen-bond acceptors (Lipinski definition) is 2. The van der Waals surface area contributed by atoms with E-state index in [9.17, 15) is 9.59 Å². The summed E-state index contributed by atoms with van der Waals surface area (Å²) in [7, 11) is 1.77. The molecule has 116 valence electrons. The van der Waals surface area contributed by atoms with Crippen molar-refractivity contribution in [1.82, 2.24) is 4.57 Å². The molecule has 1 aromatic heterocycles. The molecule has 0 spiro atoms. The van der Waals surface area contributed by atoms with Gasteiger partial charge in [-0.1, -0.05) is 23.2 Å². The average molecular weight is 347 g/mol. The molecule has 4 nitrogen and oxygen atoms in total. The molecule has 3 rings (SSSR count). The Kier molecular flexibility index (Phi) is 4.11. The lowest BCUT2D eigenvalue weighted by atomic mass is 10.1. The van der Waals surface area contributed by atoms with Gasteiger partial charge in [-0.05, 0) is 42.5 Å². The quantitative estimate of drug-likeness (QED) is 0.759. The molecular formula is C17H12Cl2N2O2. The second-order valence-corrected chi connectivity index (χ2v) is 5.98. The van der Waals surface area contributed by atoms with Gasteiger partial charge < -0.3 is 9.88 Å². The van der Waals surface area contributed by atoms with Gasteiger partial charge in [0, 0.05) is 34.4 Å². The Morgan fingerprint density at radius 3 is 2.39 bits per heavy atom. The average Bonchev–Trinajstić information content (AvgIpc) is 2.53. The van der Waals surface area contributed by atoms with E-state index in [1.807, 2.05) is 0 Å². The minimum atomic E-state index is -0.477. The van der Waals surface area contributed by atoms with Crippen LogP contribution in [0.4, 0.5) is 5.69 Å². The van der Waals surface area contributed by atoms with E-state index in [1.165, 1.54) is 6.20 Å². The first-order chi connectivity index (χ1) is 11.0. The summed E-state index contributed by atoms with van der Waals surface area (Å²) in [6, 6.07) is 11.7. The van der Waals surface area contributed by atoms with E-state index in [0.29, 0.717) is 26.6 Å².